The number of rotatable bonds is 4. The fourth-order valence-electron chi connectivity index (χ4n) is 1.40. The number of nitriles is 1. The van der Waals surface area contributed by atoms with Crippen molar-refractivity contribution in [1.29, 1.82) is 5.26 Å². The highest BCUT2D eigenvalue weighted by atomic mass is 16.4. The zero-order valence-electron chi connectivity index (χ0n) is 9.21. The monoisotopic (exact) mass is 219 g/mol. The first kappa shape index (κ1) is 12.0. The van der Waals surface area contributed by atoms with Crippen LogP contribution in [0.15, 0.2) is 18.5 Å². The SMILES string of the molecule is CC(C)N(CC(=O)O)c1cnccc1C#N. The lowest BCUT2D eigenvalue weighted by Crippen LogP contribution is -2.36. The Bertz CT molecular complexity index is 423. The third-order valence-electron chi connectivity index (χ3n) is 2.16. The Morgan fingerprint density at radius 3 is 2.88 bits per heavy atom. The summed E-state index contributed by atoms with van der Waals surface area (Å²) in [6, 6.07) is 3.60. The number of hydrogen-bond donors (Lipinski definition) is 1. The number of nitrogens with zero attached hydrogens (tertiary/aromatic N) is 3. The van der Waals surface area contributed by atoms with Gasteiger partial charge in [0, 0.05) is 12.2 Å². The van der Waals surface area contributed by atoms with Gasteiger partial charge in [-0.15, -0.1) is 0 Å². The van der Waals surface area contributed by atoms with E-state index in [0.717, 1.165) is 0 Å². The van der Waals surface area contributed by atoms with Gasteiger partial charge >= 0.3 is 5.97 Å². The smallest absolute Gasteiger partial charge is 0.323 e. The Kier molecular flexibility index (Phi) is 3.84. The minimum absolute atomic E-state index is 0.00704. The molecule has 1 aromatic heterocycles. The Morgan fingerprint density at radius 2 is 2.38 bits per heavy atom. The van der Waals surface area contributed by atoms with E-state index < -0.39 is 5.97 Å². The average molecular weight is 219 g/mol. The van der Waals surface area contributed by atoms with Gasteiger partial charge in [0.25, 0.3) is 0 Å². The van der Waals surface area contributed by atoms with Crippen molar-refractivity contribution in [3.05, 3.63) is 24.0 Å². The number of carboxylic acid groups (broad SMARTS) is 1. The number of carbonyl (C=O) groups is 1. The molecule has 0 spiro atoms. The van der Waals surface area contributed by atoms with Gasteiger partial charge in [0.1, 0.15) is 12.6 Å². The minimum atomic E-state index is -0.929. The van der Waals surface area contributed by atoms with E-state index in [1.807, 2.05) is 19.9 Å². The standard InChI is InChI=1S/C11H13N3O2/c1-8(2)14(7-11(15)16)10-6-13-4-3-9(10)5-12/h3-4,6,8H,7H2,1-2H3,(H,15,16). The number of carboxylic acids is 1. The first-order chi connectivity index (χ1) is 7.56. The summed E-state index contributed by atoms with van der Waals surface area (Å²) in [7, 11) is 0. The Balaban J connectivity index is 3.11. The summed E-state index contributed by atoms with van der Waals surface area (Å²) in [5, 5.41) is 17.7. The van der Waals surface area contributed by atoms with Gasteiger partial charge in [-0.1, -0.05) is 0 Å². The van der Waals surface area contributed by atoms with Crippen molar-refractivity contribution in [3.8, 4) is 6.07 Å². The predicted octanol–water partition coefficient (Wildman–Crippen LogP) is 1.25. The molecule has 5 heteroatoms. The minimum Gasteiger partial charge on any atom is -0.480 e. The van der Waals surface area contributed by atoms with E-state index in [-0.39, 0.29) is 12.6 Å². The second kappa shape index (κ2) is 5.12. The van der Waals surface area contributed by atoms with Crippen molar-refractivity contribution in [1.82, 2.24) is 4.98 Å². The summed E-state index contributed by atoms with van der Waals surface area (Å²) in [6.07, 6.45) is 3.03. The predicted molar refractivity (Wildman–Crippen MR) is 59.1 cm³/mol. The van der Waals surface area contributed by atoms with Gasteiger partial charge < -0.3 is 10.0 Å². The summed E-state index contributed by atoms with van der Waals surface area (Å²) in [5.74, 6) is -0.929. The highest BCUT2D eigenvalue weighted by Crippen LogP contribution is 2.20. The van der Waals surface area contributed by atoms with Crippen LogP contribution in [-0.4, -0.2) is 28.6 Å². The maximum atomic E-state index is 10.7. The van der Waals surface area contributed by atoms with E-state index in [4.69, 9.17) is 10.4 Å². The highest BCUT2D eigenvalue weighted by molar-refractivity contribution is 5.75. The van der Waals surface area contributed by atoms with Crippen LogP contribution >= 0.6 is 0 Å². The zero-order chi connectivity index (χ0) is 12.1. The normalized spacial score (nSPS) is 9.88. The van der Waals surface area contributed by atoms with Crippen LogP contribution in [0.4, 0.5) is 5.69 Å². The van der Waals surface area contributed by atoms with Crippen LogP contribution in [-0.2, 0) is 4.79 Å². The van der Waals surface area contributed by atoms with Crippen molar-refractivity contribution >= 4 is 11.7 Å². The maximum absolute atomic E-state index is 10.7. The van der Waals surface area contributed by atoms with E-state index in [1.54, 1.807) is 11.0 Å². The molecular formula is C11H13N3O2. The number of anilines is 1. The van der Waals surface area contributed by atoms with Gasteiger partial charge in [0.05, 0.1) is 17.4 Å². The zero-order valence-corrected chi connectivity index (χ0v) is 9.21. The molecule has 0 bridgehead atoms. The van der Waals surface area contributed by atoms with Crippen molar-refractivity contribution in [2.75, 3.05) is 11.4 Å². The third kappa shape index (κ3) is 2.70. The number of pyridine rings is 1. The second-order valence-electron chi connectivity index (χ2n) is 3.62. The molecule has 0 aliphatic carbocycles. The summed E-state index contributed by atoms with van der Waals surface area (Å²) >= 11 is 0. The van der Waals surface area contributed by atoms with Crippen LogP contribution in [0, 0.1) is 11.3 Å². The average Bonchev–Trinajstić information content (AvgIpc) is 2.25. The molecule has 0 amide bonds. The van der Waals surface area contributed by atoms with Crippen molar-refractivity contribution in [2.24, 2.45) is 0 Å². The van der Waals surface area contributed by atoms with E-state index >= 15 is 0 Å². The van der Waals surface area contributed by atoms with Gasteiger partial charge in [-0.05, 0) is 19.9 Å². The van der Waals surface area contributed by atoms with Crippen LogP contribution in [0.1, 0.15) is 19.4 Å². The van der Waals surface area contributed by atoms with Crippen LogP contribution in [0.25, 0.3) is 0 Å². The molecule has 0 atom stereocenters. The van der Waals surface area contributed by atoms with Gasteiger partial charge in [-0.2, -0.15) is 5.26 Å². The highest BCUT2D eigenvalue weighted by Gasteiger charge is 2.17. The molecule has 1 N–H and O–H groups in total. The molecule has 0 unspecified atom stereocenters. The van der Waals surface area contributed by atoms with Gasteiger partial charge in [-0.25, -0.2) is 0 Å². The molecule has 0 saturated carbocycles. The first-order valence-electron chi connectivity index (χ1n) is 4.88. The molecule has 0 aromatic carbocycles. The summed E-state index contributed by atoms with van der Waals surface area (Å²) < 4.78 is 0. The Hall–Kier alpha value is -2.09. The number of hydrogen-bond acceptors (Lipinski definition) is 4. The fourth-order valence-corrected chi connectivity index (χ4v) is 1.40. The van der Waals surface area contributed by atoms with Gasteiger partial charge in [-0.3, -0.25) is 9.78 Å². The van der Waals surface area contributed by atoms with Crippen LogP contribution in [0.2, 0.25) is 0 Å². The van der Waals surface area contributed by atoms with Crippen LogP contribution < -0.4 is 4.90 Å². The fraction of sp³-hybridized carbons (Fsp3) is 0.364. The summed E-state index contributed by atoms with van der Waals surface area (Å²) in [4.78, 5) is 16.3. The molecule has 16 heavy (non-hydrogen) atoms. The molecule has 1 aromatic rings. The molecule has 1 heterocycles. The van der Waals surface area contributed by atoms with E-state index in [9.17, 15) is 4.79 Å². The van der Waals surface area contributed by atoms with Gasteiger partial charge in [0.15, 0.2) is 0 Å². The molecule has 84 valence electrons. The van der Waals surface area contributed by atoms with Crippen molar-refractivity contribution in [2.45, 2.75) is 19.9 Å². The molecule has 0 aliphatic rings. The molecule has 5 nitrogen and oxygen atoms in total. The lowest BCUT2D eigenvalue weighted by Gasteiger charge is -2.27. The molecular weight excluding hydrogens is 206 g/mol. The first-order valence-corrected chi connectivity index (χ1v) is 4.88. The molecule has 0 saturated heterocycles. The molecule has 0 fully saturated rings. The Labute approximate surface area is 93.9 Å². The number of aromatic nitrogens is 1. The van der Waals surface area contributed by atoms with Crippen LogP contribution in [0.3, 0.4) is 0 Å². The lowest BCUT2D eigenvalue weighted by molar-refractivity contribution is -0.135. The quantitative estimate of drug-likeness (QED) is 0.824. The largest absolute Gasteiger partial charge is 0.480 e. The van der Waals surface area contributed by atoms with Gasteiger partial charge in [0.2, 0.25) is 0 Å². The number of aliphatic carboxylic acids is 1. The Morgan fingerprint density at radius 1 is 1.69 bits per heavy atom. The molecule has 0 aliphatic heterocycles. The summed E-state index contributed by atoms with van der Waals surface area (Å²) in [6.45, 7) is 3.60. The summed E-state index contributed by atoms with van der Waals surface area (Å²) in [5.41, 5.74) is 0.993. The lowest BCUT2D eigenvalue weighted by atomic mass is 10.2. The van der Waals surface area contributed by atoms with E-state index in [1.165, 1.54) is 12.4 Å². The van der Waals surface area contributed by atoms with Crippen molar-refractivity contribution in [3.63, 3.8) is 0 Å². The molecule has 1 rings (SSSR count). The van der Waals surface area contributed by atoms with Crippen molar-refractivity contribution < 1.29 is 9.90 Å². The topological polar surface area (TPSA) is 77.2 Å². The maximum Gasteiger partial charge on any atom is 0.323 e. The van der Waals surface area contributed by atoms with Crippen LogP contribution in [0.5, 0.6) is 0 Å². The second-order valence-corrected chi connectivity index (χ2v) is 3.62. The molecule has 0 radical (unpaired) electrons. The van der Waals surface area contributed by atoms with E-state index in [0.29, 0.717) is 11.3 Å². The van der Waals surface area contributed by atoms with E-state index in [2.05, 4.69) is 4.98 Å². The third-order valence-corrected chi connectivity index (χ3v) is 2.16.